The number of hydrogen-bond donors (Lipinski definition) is 0. The topological polar surface area (TPSA) is 44.8 Å². The first-order chi connectivity index (χ1) is 11.9. The van der Waals surface area contributed by atoms with E-state index in [9.17, 15) is 4.79 Å². The van der Waals surface area contributed by atoms with Crippen LogP contribution < -0.4 is 10.2 Å². The Kier molecular flexibility index (Phi) is 4.97. The monoisotopic (exact) mass is 338 g/mol. The van der Waals surface area contributed by atoms with Gasteiger partial charge >= 0.3 is 7.12 Å². The van der Waals surface area contributed by atoms with Gasteiger partial charge in [-0.25, -0.2) is 0 Å². The summed E-state index contributed by atoms with van der Waals surface area (Å²) >= 11 is 0. The van der Waals surface area contributed by atoms with Crippen molar-refractivity contribution in [1.82, 2.24) is 0 Å². The number of aryl methyl sites for hydroxylation is 1. The van der Waals surface area contributed by atoms with E-state index in [1.54, 1.807) is 0 Å². The summed E-state index contributed by atoms with van der Waals surface area (Å²) in [6.45, 7) is 8.77. The predicted octanol–water partition coefficient (Wildman–Crippen LogP) is 3.22. The molecule has 0 atom stereocenters. The van der Waals surface area contributed by atoms with Crippen molar-refractivity contribution >= 4 is 18.9 Å². The van der Waals surface area contributed by atoms with Crippen LogP contribution in [0, 0.1) is 13.8 Å². The highest BCUT2D eigenvalue weighted by atomic mass is 16.7. The van der Waals surface area contributed by atoms with Gasteiger partial charge in [0.1, 0.15) is 18.6 Å². The van der Waals surface area contributed by atoms with Gasteiger partial charge in [-0.3, -0.25) is 4.79 Å². The van der Waals surface area contributed by atoms with Gasteiger partial charge in [-0.1, -0.05) is 30.3 Å². The zero-order valence-corrected chi connectivity index (χ0v) is 15.2. The Morgan fingerprint density at radius 2 is 1.96 bits per heavy atom. The molecule has 0 amide bonds. The largest absolute Gasteiger partial charge is 0.495 e. The Hall–Kier alpha value is -2.11. The Morgan fingerprint density at radius 3 is 2.56 bits per heavy atom. The third-order valence-electron chi connectivity index (χ3n) is 4.44. The maximum atomic E-state index is 11.7. The zero-order valence-electron chi connectivity index (χ0n) is 15.2. The second-order valence-corrected chi connectivity index (χ2v) is 7.06. The van der Waals surface area contributed by atoms with Crippen LogP contribution in [-0.4, -0.2) is 25.6 Å². The predicted molar refractivity (Wildman–Crippen MR) is 98.6 cm³/mol. The Bertz CT molecular complexity index is 771. The number of aldehydes is 1. The maximum absolute atomic E-state index is 11.7. The molecule has 1 heterocycles. The molecule has 0 radical (unpaired) electrons. The van der Waals surface area contributed by atoms with Crippen molar-refractivity contribution in [1.29, 1.82) is 0 Å². The second-order valence-electron chi connectivity index (χ2n) is 7.06. The van der Waals surface area contributed by atoms with Crippen molar-refractivity contribution in [3.05, 3.63) is 58.7 Å². The van der Waals surface area contributed by atoms with Crippen molar-refractivity contribution in [2.45, 2.75) is 39.9 Å². The summed E-state index contributed by atoms with van der Waals surface area (Å²) in [5, 5.41) is 0. The van der Waals surface area contributed by atoms with E-state index in [1.165, 1.54) is 0 Å². The molecule has 4 nitrogen and oxygen atoms in total. The van der Waals surface area contributed by atoms with Crippen LogP contribution in [0.15, 0.2) is 36.4 Å². The SMILES string of the molecule is Cc1cc(OCc2ccccc2)c(C)c(B2OCC(C)(C)O2)c1C=O. The summed E-state index contributed by atoms with van der Waals surface area (Å²) in [5.41, 5.74) is 3.85. The van der Waals surface area contributed by atoms with Gasteiger partial charge in [0, 0.05) is 5.56 Å². The summed E-state index contributed by atoms with van der Waals surface area (Å²) in [5.74, 6) is 0.749. The Balaban J connectivity index is 1.93. The number of carbonyl (C=O) groups is 1. The molecule has 25 heavy (non-hydrogen) atoms. The number of carbonyl (C=O) groups excluding carboxylic acids is 1. The molecule has 0 saturated carbocycles. The van der Waals surface area contributed by atoms with Crippen LogP contribution in [0.1, 0.15) is 40.9 Å². The van der Waals surface area contributed by atoms with E-state index < -0.39 is 7.12 Å². The van der Waals surface area contributed by atoms with Crippen LogP contribution in [0.3, 0.4) is 0 Å². The van der Waals surface area contributed by atoms with Gasteiger partial charge in [0.05, 0.1) is 12.2 Å². The minimum absolute atomic E-state index is 0.369. The molecule has 0 bridgehead atoms. The van der Waals surface area contributed by atoms with E-state index in [-0.39, 0.29) is 5.60 Å². The Labute approximate surface area is 149 Å². The summed E-state index contributed by atoms with van der Waals surface area (Å²) in [6, 6.07) is 11.9. The molecule has 3 rings (SSSR count). The molecular formula is C20H23BO4. The lowest BCUT2D eigenvalue weighted by Gasteiger charge is -2.20. The molecule has 130 valence electrons. The van der Waals surface area contributed by atoms with Crippen LogP contribution in [0.5, 0.6) is 5.75 Å². The zero-order chi connectivity index (χ0) is 18.0. The molecule has 0 N–H and O–H groups in total. The lowest BCUT2D eigenvalue weighted by molar-refractivity contribution is 0.112. The molecule has 1 saturated heterocycles. The van der Waals surface area contributed by atoms with Crippen molar-refractivity contribution in [2.75, 3.05) is 6.61 Å². The van der Waals surface area contributed by atoms with Gasteiger partial charge in [-0.2, -0.15) is 0 Å². The molecule has 2 aromatic rings. The van der Waals surface area contributed by atoms with Gasteiger partial charge in [0.25, 0.3) is 0 Å². The molecule has 1 aliphatic rings. The van der Waals surface area contributed by atoms with Crippen molar-refractivity contribution < 1.29 is 18.8 Å². The smallest absolute Gasteiger partial charge is 0.489 e. The Morgan fingerprint density at radius 1 is 1.24 bits per heavy atom. The fourth-order valence-electron chi connectivity index (χ4n) is 3.05. The molecule has 1 aliphatic heterocycles. The third kappa shape index (κ3) is 3.78. The highest BCUT2D eigenvalue weighted by Gasteiger charge is 2.41. The van der Waals surface area contributed by atoms with Crippen molar-refractivity contribution in [3.8, 4) is 5.75 Å². The molecule has 0 aliphatic carbocycles. The van der Waals surface area contributed by atoms with Crippen LogP contribution >= 0.6 is 0 Å². The molecule has 0 aromatic heterocycles. The third-order valence-corrected chi connectivity index (χ3v) is 4.44. The first kappa shape index (κ1) is 17.7. The van der Waals surface area contributed by atoms with E-state index in [0.29, 0.717) is 18.8 Å². The van der Waals surface area contributed by atoms with Gasteiger partial charge in [-0.05, 0) is 55.9 Å². The first-order valence-electron chi connectivity index (χ1n) is 8.47. The molecule has 2 aromatic carbocycles. The summed E-state index contributed by atoms with van der Waals surface area (Å²) in [7, 11) is -0.547. The number of hydrogen-bond acceptors (Lipinski definition) is 4. The van der Waals surface area contributed by atoms with Crippen LogP contribution in [0.4, 0.5) is 0 Å². The quantitative estimate of drug-likeness (QED) is 0.620. The molecule has 0 spiro atoms. The van der Waals surface area contributed by atoms with Crippen LogP contribution in [0.2, 0.25) is 0 Å². The maximum Gasteiger partial charge on any atom is 0.495 e. The van der Waals surface area contributed by atoms with E-state index in [4.69, 9.17) is 14.0 Å². The fraction of sp³-hybridized carbons (Fsp3) is 0.350. The normalized spacial score (nSPS) is 16.1. The minimum Gasteiger partial charge on any atom is -0.489 e. The average Bonchev–Trinajstić information content (AvgIpc) is 2.95. The van der Waals surface area contributed by atoms with E-state index in [1.807, 2.05) is 64.1 Å². The van der Waals surface area contributed by atoms with Gasteiger partial charge in [0.15, 0.2) is 0 Å². The summed E-state index contributed by atoms with van der Waals surface area (Å²) in [6.07, 6.45) is 0.872. The molecule has 0 unspecified atom stereocenters. The molecule has 5 heteroatoms. The van der Waals surface area contributed by atoms with Gasteiger partial charge < -0.3 is 14.0 Å². The fourth-order valence-corrected chi connectivity index (χ4v) is 3.05. The first-order valence-corrected chi connectivity index (χ1v) is 8.47. The highest BCUT2D eigenvalue weighted by molar-refractivity contribution is 6.64. The second kappa shape index (κ2) is 7.02. The number of ether oxygens (including phenoxy) is 1. The van der Waals surface area contributed by atoms with Crippen molar-refractivity contribution in [2.24, 2.45) is 0 Å². The highest BCUT2D eigenvalue weighted by Crippen LogP contribution is 2.26. The van der Waals surface area contributed by atoms with Crippen LogP contribution in [-0.2, 0) is 15.9 Å². The van der Waals surface area contributed by atoms with Gasteiger partial charge in [-0.15, -0.1) is 0 Å². The lowest BCUT2D eigenvalue weighted by Crippen LogP contribution is -2.39. The standard InChI is InChI=1S/C20H23BO4/c1-14-10-18(23-12-16-8-6-5-7-9-16)15(2)19(17(14)11-22)21-24-13-20(3,4)25-21/h5-11H,12-13H2,1-4H3. The minimum atomic E-state index is -0.547. The lowest BCUT2D eigenvalue weighted by atomic mass is 9.72. The number of benzene rings is 2. The summed E-state index contributed by atoms with van der Waals surface area (Å²) < 4.78 is 17.8. The van der Waals surface area contributed by atoms with E-state index >= 15 is 0 Å². The molecular weight excluding hydrogens is 315 g/mol. The molecule has 1 fully saturated rings. The van der Waals surface area contributed by atoms with Crippen LogP contribution in [0.25, 0.3) is 0 Å². The van der Waals surface area contributed by atoms with Gasteiger partial charge in [0.2, 0.25) is 0 Å². The van der Waals surface area contributed by atoms with E-state index in [0.717, 1.165) is 34.2 Å². The van der Waals surface area contributed by atoms with Crippen molar-refractivity contribution in [3.63, 3.8) is 0 Å². The average molecular weight is 338 g/mol. The number of rotatable bonds is 5. The van der Waals surface area contributed by atoms with E-state index in [2.05, 4.69) is 0 Å². The summed E-state index contributed by atoms with van der Waals surface area (Å²) in [4.78, 5) is 11.7.